The van der Waals surface area contributed by atoms with Gasteiger partial charge in [0.25, 0.3) is 0 Å². The van der Waals surface area contributed by atoms with Gasteiger partial charge in [0.1, 0.15) is 18.7 Å². The number of benzene rings is 1. The van der Waals surface area contributed by atoms with Crippen LogP contribution in [0.5, 0.6) is 0 Å². The van der Waals surface area contributed by atoms with E-state index >= 15 is 0 Å². The van der Waals surface area contributed by atoms with E-state index in [1.54, 1.807) is 23.3 Å². The molecule has 2 heterocycles. The van der Waals surface area contributed by atoms with Gasteiger partial charge < -0.3 is 9.64 Å². The van der Waals surface area contributed by atoms with E-state index in [-0.39, 0.29) is 17.8 Å². The van der Waals surface area contributed by atoms with E-state index in [0.29, 0.717) is 13.0 Å². The van der Waals surface area contributed by atoms with Crippen LogP contribution in [0.3, 0.4) is 0 Å². The van der Waals surface area contributed by atoms with Gasteiger partial charge in [0.05, 0.1) is 11.7 Å². The number of hydrogen-bond acceptors (Lipinski definition) is 2. The molecule has 3 rings (SSSR count). The monoisotopic (exact) mass is 247 g/mol. The quantitative estimate of drug-likeness (QED) is 0.763. The molecular weight excluding hydrogens is 233 g/mol. The molecule has 0 aromatic heterocycles. The number of fused-ring (bicyclic) bond motifs is 1. The standard InChI is InChI=1S/C14H14FNO2/c15-11-6-4-10(5-7-11)13-9-18-8-12-2-1-3-14(17)16(12)13/h4-8,13H,1-3,9H2/t13-/m0/s1. The molecule has 2 aliphatic rings. The summed E-state index contributed by atoms with van der Waals surface area (Å²) in [5.74, 6) is -0.138. The van der Waals surface area contributed by atoms with Crippen molar-refractivity contribution >= 4 is 5.91 Å². The number of ether oxygens (including phenoxy) is 1. The van der Waals surface area contributed by atoms with Gasteiger partial charge in [-0.15, -0.1) is 0 Å². The molecule has 0 bridgehead atoms. The van der Waals surface area contributed by atoms with Gasteiger partial charge in [-0.25, -0.2) is 4.39 Å². The van der Waals surface area contributed by atoms with Crippen molar-refractivity contribution in [2.45, 2.75) is 25.3 Å². The lowest BCUT2D eigenvalue weighted by atomic mass is 9.99. The summed E-state index contributed by atoms with van der Waals surface area (Å²) in [7, 11) is 0. The van der Waals surface area contributed by atoms with Gasteiger partial charge in [0, 0.05) is 6.42 Å². The van der Waals surface area contributed by atoms with E-state index in [1.807, 2.05) is 0 Å². The lowest BCUT2D eigenvalue weighted by Gasteiger charge is -2.39. The number of hydrogen-bond donors (Lipinski definition) is 0. The first kappa shape index (κ1) is 11.3. The van der Waals surface area contributed by atoms with Gasteiger partial charge in [-0.2, -0.15) is 0 Å². The largest absolute Gasteiger partial charge is 0.497 e. The molecule has 1 fully saturated rings. The Kier molecular flexibility index (Phi) is 2.78. The molecule has 0 radical (unpaired) electrons. The summed E-state index contributed by atoms with van der Waals surface area (Å²) in [6.45, 7) is 0.431. The summed E-state index contributed by atoms with van der Waals surface area (Å²) in [6, 6.07) is 6.14. The molecule has 1 atom stereocenters. The minimum absolute atomic E-state index is 0.126. The first-order chi connectivity index (χ1) is 8.75. The fourth-order valence-electron chi connectivity index (χ4n) is 2.55. The topological polar surface area (TPSA) is 29.5 Å². The Labute approximate surface area is 105 Å². The van der Waals surface area contributed by atoms with E-state index < -0.39 is 0 Å². The van der Waals surface area contributed by atoms with Crippen LogP contribution >= 0.6 is 0 Å². The molecular formula is C14H14FNO2. The second kappa shape index (κ2) is 4.44. The van der Waals surface area contributed by atoms with E-state index in [2.05, 4.69) is 0 Å². The summed E-state index contributed by atoms with van der Waals surface area (Å²) in [4.78, 5) is 13.8. The molecule has 3 nitrogen and oxygen atoms in total. The van der Waals surface area contributed by atoms with Gasteiger partial charge in [-0.1, -0.05) is 12.1 Å². The number of amides is 1. The smallest absolute Gasteiger partial charge is 0.227 e. The minimum atomic E-state index is -0.267. The molecule has 0 N–H and O–H groups in total. The Bertz CT molecular complexity index is 495. The van der Waals surface area contributed by atoms with Crippen LogP contribution in [0.1, 0.15) is 30.9 Å². The molecule has 1 aromatic rings. The average Bonchev–Trinajstić information content (AvgIpc) is 2.39. The predicted molar refractivity (Wildman–Crippen MR) is 63.9 cm³/mol. The van der Waals surface area contributed by atoms with Crippen molar-refractivity contribution in [1.82, 2.24) is 4.90 Å². The third-order valence-electron chi connectivity index (χ3n) is 3.44. The molecule has 0 unspecified atom stereocenters. The summed E-state index contributed by atoms with van der Waals surface area (Å²) < 4.78 is 18.4. The Hall–Kier alpha value is -1.84. The normalized spacial score (nSPS) is 23.2. The molecule has 2 aliphatic heterocycles. The van der Waals surface area contributed by atoms with Crippen molar-refractivity contribution in [2.24, 2.45) is 0 Å². The first-order valence-electron chi connectivity index (χ1n) is 6.14. The van der Waals surface area contributed by atoms with Crippen LogP contribution in [0.15, 0.2) is 36.2 Å². The highest BCUT2D eigenvalue weighted by Crippen LogP contribution is 2.34. The van der Waals surface area contributed by atoms with Crippen LogP contribution in [-0.2, 0) is 9.53 Å². The maximum absolute atomic E-state index is 12.9. The zero-order chi connectivity index (χ0) is 12.5. The van der Waals surface area contributed by atoms with E-state index in [1.165, 1.54) is 12.1 Å². The van der Waals surface area contributed by atoms with Crippen LogP contribution in [0, 0.1) is 5.82 Å². The maximum Gasteiger partial charge on any atom is 0.227 e. The molecule has 18 heavy (non-hydrogen) atoms. The van der Waals surface area contributed by atoms with Gasteiger partial charge in [0.15, 0.2) is 0 Å². The fraction of sp³-hybridized carbons (Fsp3) is 0.357. The fourth-order valence-corrected chi connectivity index (χ4v) is 2.55. The number of piperidine rings is 1. The lowest BCUT2D eigenvalue weighted by Crippen LogP contribution is -2.41. The van der Waals surface area contributed by atoms with E-state index in [0.717, 1.165) is 24.1 Å². The minimum Gasteiger partial charge on any atom is -0.497 e. The zero-order valence-electron chi connectivity index (χ0n) is 9.93. The van der Waals surface area contributed by atoms with Crippen molar-refractivity contribution in [3.63, 3.8) is 0 Å². The summed E-state index contributed by atoms with van der Waals surface area (Å²) in [5, 5.41) is 0. The molecule has 1 amide bonds. The zero-order valence-corrected chi connectivity index (χ0v) is 9.93. The predicted octanol–water partition coefficient (Wildman–Crippen LogP) is 2.75. The van der Waals surface area contributed by atoms with Crippen LogP contribution in [0.2, 0.25) is 0 Å². The summed E-state index contributed by atoms with van der Waals surface area (Å²) >= 11 is 0. The van der Waals surface area contributed by atoms with E-state index in [9.17, 15) is 9.18 Å². The average molecular weight is 247 g/mol. The van der Waals surface area contributed by atoms with Crippen molar-refractivity contribution < 1.29 is 13.9 Å². The van der Waals surface area contributed by atoms with E-state index in [4.69, 9.17) is 4.74 Å². The Morgan fingerprint density at radius 3 is 2.78 bits per heavy atom. The van der Waals surface area contributed by atoms with Crippen LogP contribution in [-0.4, -0.2) is 17.4 Å². The molecule has 4 heteroatoms. The van der Waals surface area contributed by atoms with Crippen molar-refractivity contribution in [3.8, 4) is 0 Å². The Balaban J connectivity index is 1.94. The van der Waals surface area contributed by atoms with Crippen LogP contribution in [0.4, 0.5) is 4.39 Å². The second-order valence-electron chi connectivity index (χ2n) is 4.63. The van der Waals surface area contributed by atoms with Crippen molar-refractivity contribution in [2.75, 3.05) is 6.61 Å². The third kappa shape index (κ3) is 1.88. The summed E-state index contributed by atoms with van der Waals surface area (Å²) in [6.07, 6.45) is 4.00. The highest BCUT2D eigenvalue weighted by Gasteiger charge is 2.33. The molecule has 0 spiro atoms. The lowest BCUT2D eigenvalue weighted by molar-refractivity contribution is -0.135. The van der Waals surface area contributed by atoms with Gasteiger partial charge in [-0.3, -0.25) is 4.79 Å². The number of carbonyl (C=O) groups is 1. The number of carbonyl (C=O) groups excluding carboxylic acids is 1. The highest BCUT2D eigenvalue weighted by molar-refractivity contribution is 5.79. The number of nitrogens with zero attached hydrogens (tertiary/aromatic N) is 1. The molecule has 94 valence electrons. The molecule has 1 saturated heterocycles. The summed E-state index contributed by atoms with van der Waals surface area (Å²) in [5.41, 5.74) is 1.85. The molecule has 0 aliphatic carbocycles. The third-order valence-corrected chi connectivity index (χ3v) is 3.44. The highest BCUT2D eigenvalue weighted by atomic mass is 19.1. The number of halogens is 1. The molecule has 1 aromatic carbocycles. The maximum atomic E-state index is 12.9. The first-order valence-corrected chi connectivity index (χ1v) is 6.14. The van der Waals surface area contributed by atoms with Crippen molar-refractivity contribution in [1.29, 1.82) is 0 Å². The Morgan fingerprint density at radius 1 is 1.22 bits per heavy atom. The number of rotatable bonds is 1. The van der Waals surface area contributed by atoms with Gasteiger partial charge in [0.2, 0.25) is 5.91 Å². The second-order valence-corrected chi connectivity index (χ2v) is 4.63. The number of allylic oxidation sites excluding steroid dienone is 1. The SMILES string of the molecule is O=C1CCCC2=COC[C@@H](c3ccc(F)cc3)N12. The van der Waals surface area contributed by atoms with Gasteiger partial charge >= 0.3 is 0 Å². The van der Waals surface area contributed by atoms with Gasteiger partial charge in [-0.05, 0) is 30.5 Å². The Morgan fingerprint density at radius 2 is 2.00 bits per heavy atom. The van der Waals surface area contributed by atoms with Crippen LogP contribution < -0.4 is 0 Å². The van der Waals surface area contributed by atoms with Crippen molar-refractivity contribution in [3.05, 3.63) is 47.6 Å². The molecule has 0 saturated carbocycles. The van der Waals surface area contributed by atoms with Crippen LogP contribution in [0.25, 0.3) is 0 Å².